The number of benzene rings is 1. The Morgan fingerprint density at radius 3 is 2.45 bits per heavy atom. The molecule has 0 saturated carbocycles. The van der Waals surface area contributed by atoms with Crippen LogP contribution >= 0.6 is 11.6 Å². The van der Waals surface area contributed by atoms with Gasteiger partial charge in [0.25, 0.3) is 5.56 Å². The molecule has 0 spiro atoms. The Morgan fingerprint density at radius 2 is 1.95 bits per heavy atom. The molecule has 0 amide bonds. The van der Waals surface area contributed by atoms with Gasteiger partial charge < -0.3 is 5.11 Å². The predicted octanol–water partition coefficient (Wildman–Crippen LogP) is 2.54. The number of aromatic carboxylic acids is 1. The lowest BCUT2D eigenvalue weighted by Crippen LogP contribution is -2.15. The number of carboxylic acid groups (broad SMARTS) is 1. The molecule has 0 unspecified atom stereocenters. The molecule has 0 atom stereocenters. The fourth-order valence-electron chi connectivity index (χ4n) is 1.54. The topological polar surface area (TPSA) is 75.1 Å². The smallest absolute Gasteiger partial charge is 0.416 e. The molecular formula is C11H6ClF3N2O3. The van der Waals surface area contributed by atoms with Gasteiger partial charge in [-0.3, -0.25) is 9.89 Å². The van der Waals surface area contributed by atoms with E-state index in [1.807, 2.05) is 0 Å². The molecule has 0 aliphatic rings. The summed E-state index contributed by atoms with van der Waals surface area (Å²) in [6.07, 6.45) is -4.61. The molecule has 1 aromatic heterocycles. The van der Waals surface area contributed by atoms with Crippen LogP contribution in [0.25, 0.3) is 5.69 Å². The first-order valence-electron chi connectivity index (χ1n) is 5.12. The molecule has 106 valence electrons. The number of H-pyrrole nitrogens is 1. The summed E-state index contributed by atoms with van der Waals surface area (Å²) in [7, 11) is 0. The monoisotopic (exact) mass is 306 g/mol. The summed E-state index contributed by atoms with van der Waals surface area (Å²) in [4.78, 5) is 22.3. The molecule has 0 fully saturated rings. The fraction of sp³-hybridized carbons (Fsp3) is 0.0909. The third-order valence-electron chi connectivity index (χ3n) is 2.47. The van der Waals surface area contributed by atoms with E-state index < -0.39 is 29.0 Å². The number of nitrogens with zero attached hydrogens (tertiary/aromatic N) is 1. The number of rotatable bonds is 2. The Balaban J connectivity index is 2.63. The van der Waals surface area contributed by atoms with E-state index in [-0.39, 0.29) is 10.7 Å². The zero-order valence-corrected chi connectivity index (χ0v) is 10.3. The van der Waals surface area contributed by atoms with E-state index >= 15 is 0 Å². The SMILES string of the molecule is O=C(O)c1cc(=O)n(-c2cc(C(F)(F)F)ccc2Cl)[nH]1. The molecule has 0 bridgehead atoms. The first kappa shape index (κ1) is 14.2. The average molecular weight is 307 g/mol. The largest absolute Gasteiger partial charge is 0.477 e. The van der Waals surface area contributed by atoms with E-state index in [1.165, 1.54) is 0 Å². The van der Waals surface area contributed by atoms with Crippen molar-refractivity contribution in [3.05, 3.63) is 50.9 Å². The van der Waals surface area contributed by atoms with Crippen molar-refractivity contribution < 1.29 is 23.1 Å². The standard InChI is InChI=1S/C11H6ClF3N2O3/c12-6-2-1-5(11(13,14)15)3-8(6)17-9(18)4-7(16-17)10(19)20/h1-4,16H,(H,19,20). The van der Waals surface area contributed by atoms with Gasteiger partial charge in [-0.15, -0.1) is 0 Å². The molecule has 9 heteroatoms. The molecule has 0 aliphatic heterocycles. The Morgan fingerprint density at radius 1 is 1.30 bits per heavy atom. The van der Waals surface area contributed by atoms with Gasteiger partial charge in [0.15, 0.2) is 0 Å². The van der Waals surface area contributed by atoms with Gasteiger partial charge in [-0.2, -0.15) is 13.2 Å². The number of carbonyl (C=O) groups is 1. The second-order valence-electron chi connectivity index (χ2n) is 3.81. The van der Waals surface area contributed by atoms with E-state index in [1.54, 1.807) is 0 Å². The molecule has 0 saturated heterocycles. The highest BCUT2D eigenvalue weighted by Gasteiger charge is 2.31. The minimum atomic E-state index is -4.61. The second-order valence-corrected chi connectivity index (χ2v) is 4.22. The summed E-state index contributed by atoms with van der Waals surface area (Å²) in [5.41, 5.74) is -2.57. The van der Waals surface area contributed by atoms with Crippen LogP contribution in [-0.2, 0) is 6.18 Å². The highest BCUT2D eigenvalue weighted by molar-refractivity contribution is 6.32. The maximum Gasteiger partial charge on any atom is 0.416 e. The molecule has 1 aromatic carbocycles. The van der Waals surface area contributed by atoms with Crippen molar-refractivity contribution >= 4 is 17.6 Å². The van der Waals surface area contributed by atoms with Crippen LogP contribution in [0.4, 0.5) is 13.2 Å². The van der Waals surface area contributed by atoms with Crippen molar-refractivity contribution in [1.29, 1.82) is 0 Å². The normalized spacial score (nSPS) is 11.6. The van der Waals surface area contributed by atoms with Crippen molar-refractivity contribution in [2.75, 3.05) is 0 Å². The highest BCUT2D eigenvalue weighted by atomic mass is 35.5. The fourth-order valence-corrected chi connectivity index (χ4v) is 1.75. The number of hydrogen-bond donors (Lipinski definition) is 2. The Hall–Kier alpha value is -2.22. The number of alkyl halides is 3. The summed E-state index contributed by atoms with van der Waals surface area (Å²) in [6, 6.07) is 3.15. The third kappa shape index (κ3) is 2.55. The van der Waals surface area contributed by atoms with Gasteiger partial charge in [-0.1, -0.05) is 11.6 Å². The first-order chi connectivity index (χ1) is 9.20. The zero-order valence-electron chi connectivity index (χ0n) is 9.53. The zero-order chi connectivity index (χ0) is 15.1. The van der Waals surface area contributed by atoms with Crippen molar-refractivity contribution in [3.63, 3.8) is 0 Å². The lowest BCUT2D eigenvalue weighted by Gasteiger charge is -2.10. The lowest BCUT2D eigenvalue weighted by atomic mass is 10.2. The molecule has 0 aliphatic carbocycles. The first-order valence-corrected chi connectivity index (χ1v) is 5.50. The van der Waals surface area contributed by atoms with Gasteiger partial charge in [0, 0.05) is 6.07 Å². The molecule has 2 N–H and O–H groups in total. The molecular weight excluding hydrogens is 301 g/mol. The van der Waals surface area contributed by atoms with E-state index in [0.717, 1.165) is 18.2 Å². The van der Waals surface area contributed by atoms with Crippen molar-refractivity contribution in [2.24, 2.45) is 0 Å². The maximum atomic E-state index is 12.6. The molecule has 5 nitrogen and oxygen atoms in total. The van der Waals surface area contributed by atoms with Gasteiger partial charge in [0.05, 0.1) is 16.3 Å². The molecule has 2 rings (SSSR count). The van der Waals surface area contributed by atoms with Crippen LogP contribution in [0.5, 0.6) is 0 Å². The number of aromatic nitrogens is 2. The number of nitrogens with one attached hydrogen (secondary N) is 1. The predicted molar refractivity (Wildman–Crippen MR) is 63.4 cm³/mol. The van der Waals surface area contributed by atoms with Crippen LogP contribution in [0.3, 0.4) is 0 Å². The molecule has 2 aromatic rings. The van der Waals surface area contributed by atoms with Gasteiger partial charge >= 0.3 is 12.1 Å². The highest BCUT2D eigenvalue weighted by Crippen LogP contribution is 2.32. The minimum Gasteiger partial charge on any atom is -0.477 e. The number of hydrogen-bond acceptors (Lipinski definition) is 2. The van der Waals surface area contributed by atoms with Gasteiger partial charge in [0.2, 0.25) is 0 Å². The van der Waals surface area contributed by atoms with E-state index in [2.05, 4.69) is 5.10 Å². The second kappa shape index (κ2) is 4.71. The summed E-state index contributed by atoms with van der Waals surface area (Å²) in [5.74, 6) is -1.41. The third-order valence-corrected chi connectivity index (χ3v) is 2.78. The van der Waals surface area contributed by atoms with Crippen LogP contribution in [-0.4, -0.2) is 20.9 Å². The Kier molecular flexibility index (Phi) is 3.34. The van der Waals surface area contributed by atoms with Crippen LogP contribution in [0.1, 0.15) is 16.1 Å². The summed E-state index contributed by atoms with van der Waals surface area (Å²) >= 11 is 5.75. The van der Waals surface area contributed by atoms with Crippen LogP contribution in [0.15, 0.2) is 29.1 Å². The van der Waals surface area contributed by atoms with Crippen LogP contribution in [0.2, 0.25) is 5.02 Å². The minimum absolute atomic E-state index is 0.126. The van der Waals surface area contributed by atoms with Gasteiger partial charge in [-0.25, -0.2) is 9.48 Å². The molecule has 20 heavy (non-hydrogen) atoms. The quantitative estimate of drug-likeness (QED) is 0.895. The van der Waals surface area contributed by atoms with Crippen molar-refractivity contribution in [2.45, 2.75) is 6.18 Å². The van der Waals surface area contributed by atoms with Crippen molar-refractivity contribution in [3.8, 4) is 5.69 Å². The van der Waals surface area contributed by atoms with Gasteiger partial charge in [-0.05, 0) is 18.2 Å². The number of halogens is 4. The summed E-state index contributed by atoms with van der Waals surface area (Å²) < 4.78 is 38.5. The Labute approximate surface area is 114 Å². The van der Waals surface area contributed by atoms with E-state index in [0.29, 0.717) is 10.7 Å². The molecule has 1 heterocycles. The average Bonchev–Trinajstić information content (AvgIpc) is 2.70. The summed E-state index contributed by atoms with van der Waals surface area (Å²) in [5, 5.41) is 10.8. The van der Waals surface area contributed by atoms with E-state index in [4.69, 9.17) is 16.7 Å². The maximum absolute atomic E-state index is 12.6. The van der Waals surface area contributed by atoms with Gasteiger partial charge in [0.1, 0.15) is 5.69 Å². The Bertz CT molecular complexity index is 733. The van der Waals surface area contributed by atoms with E-state index in [9.17, 15) is 22.8 Å². The number of carboxylic acids is 1. The summed E-state index contributed by atoms with van der Waals surface area (Å²) in [6.45, 7) is 0. The number of aromatic amines is 1. The van der Waals surface area contributed by atoms with Crippen molar-refractivity contribution in [1.82, 2.24) is 9.78 Å². The molecule has 0 radical (unpaired) electrons. The van der Waals surface area contributed by atoms with Crippen LogP contribution < -0.4 is 5.56 Å². The lowest BCUT2D eigenvalue weighted by molar-refractivity contribution is -0.137. The van der Waals surface area contributed by atoms with Crippen LogP contribution in [0, 0.1) is 0 Å².